The third-order valence-electron chi connectivity index (χ3n) is 4.43. The van der Waals surface area contributed by atoms with Crippen LogP contribution in [0.25, 0.3) is 0 Å². The van der Waals surface area contributed by atoms with Crippen molar-refractivity contribution in [3.8, 4) is 0 Å². The van der Waals surface area contributed by atoms with Gasteiger partial charge in [0.05, 0.1) is 4.88 Å². The van der Waals surface area contributed by atoms with E-state index in [1.54, 1.807) is 11.3 Å². The second kappa shape index (κ2) is 5.02. The van der Waals surface area contributed by atoms with E-state index in [-0.39, 0.29) is 0 Å². The Morgan fingerprint density at radius 3 is 3.06 bits per heavy atom. The molecule has 3 nitrogen and oxygen atoms in total. The number of carbonyl (C=O) groups is 1. The lowest BCUT2D eigenvalue weighted by molar-refractivity contribution is 0.102. The van der Waals surface area contributed by atoms with Gasteiger partial charge in [-0.05, 0) is 44.8 Å². The molecule has 0 bridgehead atoms. The predicted molar refractivity (Wildman–Crippen MR) is 75.7 cm³/mol. The molecule has 2 unspecified atom stereocenters. The van der Waals surface area contributed by atoms with Crippen LogP contribution >= 0.6 is 11.3 Å². The van der Waals surface area contributed by atoms with Gasteiger partial charge in [-0.15, -0.1) is 11.3 Å². The Hall–Kier alpha value is -0.870. The number of likely N-dealkylation sites (tertiary alicyclic amines) is 1. The fourth-order valence-electron chi connectivity index (χ4n) is 3.46. The molecule has 0 radical (unpaired) electrons. The monoisotopic (exact) mass is 264 g/mol. The first-order valence-electron chi connectivity index (χ1n) is 6.77. The molecule has 4 heteroatoms. The fourth-order valence-corrected chi connectivity index (χ4v) is 4.18. The van der Waals surface area contributed by atoms with Crippen molar-refractivity contribution in [3.63, 3.8) is 0 Å². The number of nitrogens with zero attached hydrogens (tertiary/aromatic N) is 2. The zero-order valence-electron chi connectivity index (χ0n) is 10.8. The molecule has 2 atom stereocenters. The first-order valence-corrected chi connectivity index (χ1v) is 7.65. The summed E-state index contributed by atoms with van der Waals surface area (Å²) in [6, 6.07) is 2.81. The largest absolute Gasteiger partial charge is 0.370 e. The molecule has 0 spiro atoms. The molecule has 0 aromatic carbocycles. The van der Waals surface area contributed by atoms with Crippen LogP contribution in [0, 0.1) is 5.92 Å². The molecule has 0 aliphatic carbocycles. The van der Waals surface area contributed by atoms with Gasteiger partial charge in [0.2, 0.25) is 0 Å². The van der Waals surface area contributed by atoms with E-state index in [2.05, 4.69) is 22.2 Å². The highest BCUT2D eigenvalue weighted by atomic mass is 32.1. The molecular formula is C14H20N2OS. The second-order valence-electron chi connectivity index (χ2n) is 5.51. The summed E-state index contributed by atoms with van der Waals surface area (Å²) in [5.41, 5.74) is 1.24. The van der Waals surface area contributed by atoms with Gasteiger partial charge in [0.25, 0.3) is 0 Å². The lowest BCUT2D eigenvalue weighted by Gasteiger charge is -2.46. The highest BCUT2D eigenvalue weighted by Gasteiger charge is 2.34. The lowest BCUT2D eigenvalue weighted by atomic mass is 9.84. The van der Waals surface area contributed by atoms with Crippen molar-refractivity contribution in [1.82, 2.24) is 4.90 Å². The second-order valence-corrected chi connectivity index (χ2v) is 6.45. The Labute approximate surface area is 112 Å². The standard InChI is InChI=1S/C14H20N2OS/c1-15-5-2-3-11-8-16(6-4-14(11)15)12-7-13(9-17)18-10-12/h7,9-11,14H,2-6,8H2,1H3. The van der Waals surface area contributed by atoms with Gasteiger partial charge in [-0.1, -0.05) is 0 Å². The van der Waals surface area contributed by atoms with Gasteiger partial charge in [0, 0.05) is 30.2 Å². The summed E-state index contributed by atoms with van der Waals surface area (Å²) in [5, 5.41) is 2.12. The molecule has 1 aromatic heterocycles. The Bertz CT molecular complexity index is 431. The van der Waals surface area contributed by atoms with Crippen LogP contribution in [0.1, 0.15) is 28.9 Å². The number of rotatable bonds is 2. The van der Waals surface area contributed by atoms with Crippen molar-refractivity contribution < 1.29 is 4.79 Å². The molecule has 98 valence electrons. The van der Waals surface area contributed by atoms with E-state index >= 15 is 0 Å². The molecule has 0 saturated carbocycles. The van der Waals surface area contributed by atoms with Crippen LogP contribution in [-0.4, -0.2) is 43.9 Å². The minimum atomic E-state index is 0.777. The van der Waals surface area contributed by atoms with Crippen molar-refractivity contribution >= 4 is 23.3 Å². The van der Waals surface area contributed by atoms with Crippen molar-refractivity contribution in [3.05, 3.63) is 16.3 Å². The minimum Gasteiger partial charge on any atom is -0.370 e. The van der Waals surface area contributed by atoms with Crippen LogP contribution in [-0.2, 0) is 0 Å². The van der Waals surface area contributed by atoms with E-state index in [0.29, 0.717) is 0 Å². The number of carbonyl (C=O) groups excluding carboxylic acids is 1. The quantitative estimate of drug-likeness (QED) is 0.767. The van der Waals surface area contributed by atoms with Crippen molar-refractivity contribution in [2.75, 3.05) is 31.6 Å². The molecule has 2 aliphatic rings. The van der Waals surface area contributed by atoms with Crippen LogP contribution < -0.4 is 4.90 Å². The van der Waals surface area contributed by atoms with E-state index in [1.165, 1.54) is 31.5 Å². The summed E-state index contributed by atoms with van der Waals surface area (Å²) >= 11 is 1.55. The molecule has 3 heterocycles. The molecule has 2 saturated heterocycles. The van der Waals surface area contributed by atoms with Crippen LogP contribution in [0.2, 0.25) is 0 Å². The van der Waals surface area contributed by atoms with E-state index in [1.807, 2.05) is 6.07 Å². The van der Waals surface area contributed by atoms with Crippen molar-refractivity contribution in [2.45, 2.75) is 25.3 Å². The summed E-state index contributed by atoms with van der Waals surface area (Å²) in [4.78, 5) is 16.6. The minimum absolute atomic E-state index is 0.777. The Balaban J connectivity index is 1.71. The fraction of sp³-hybridized carbons (Fsp3) is 0.643. The first kappa shape index (κ1) is 12.2. The summed E-state index contributed by atoms with van der Waals surface area (Å²) in [5.74, 6) is 0.803. The maximum atomic E-state index is 10.8. The van der Waals surface area contributed by atoms with Gasteiger partial charge in [0.15, 0.2) is 6.29 Å². The number of piperidine rings is 2. The van der Waals surface area contributed by atoms with Gasteiger partial charge >= 0.3 is 0 Å². The molecule has 0 amide bonds. The highest BCUT2D eigenvalue weighted by Crippen LogP contribution is 2.33. The third kappa shape index (κ3) is 2.19. The number of fused-ring (bicyclic) bond motifs is 1. The van der Waals surface area contributed by atoms with Gasteiger partial charge in [-0.2, -0.15) is 0 Å². The number of aldehydes is 1. The SMILES string of the molecule is CN1CCCC2CN(c3csc(C=O)c3)CCC21. The predicted octanol–water partition coefficient (Wildman–Crippen LogP) is 2.48. The van der Waals surface area contributed by atoms with E-state index < -0.39 is 0 Å². The first-order chi connectivity index (χ1) is 8.78. The van der Waals surface area contributed by atoms with Gasteiger partial charge < -0.3 is 9.80 Å². The summed E-state index contributed by atoms with van der Waals surface area (Å²) in [6.45, 7) is 3.54. The summed E-state index contributed by atoms with van der Waals surface area (Å²) in [7, 11) is 2.27. The Morgan fingerprint density at radius 1 is 1.39 bits per heavy atom. The lowest BCUT2D eigenvalue weighted by Crippen LogP contribution is -2.52. The molecule has 1 aromatic rings. The molecule has 2 fully saturated rings. The average molecular weight is 264 g/mol. The maximum Gasteiger partial charge on any atom is 0.160 e. The van der Waals surface area contributed by atoms with Crippen LogP contribution in [0.15, 0.2) is 11.4 Å². The van der Waals surface area contributed by atoms with Crippen LogP contribution in [0.3, 0.4) is 0 Å². The smallest absolute Gasteiger partial charge is 0.160 e. The topological polar surface area (TPSA) is 23.6 Å². The zero-order chi connectivity index (χ0) is 12.5. The third-order valence-corrected chi connectivity index (χ3v) is 5.28. The Morgan fingerprint density at radius 2 is 2.28 bits per heavy atom. The Kier molecular flexibility index (Phi) is 3.39. The normalized spacial score (nSPS) is 29.1. The average Bonchev–Trinajstić information content (AvgIpc) is 2.87. The van der Waals surface area contributed by atoms with Crippen molar-refractivity contribution in [2.24, 2.45) is 5.92 Å². The van der Waals surface area contributed by atoms with Crippen LogP contribution in [0.5, 0.6) is 0 Å². The van der Waals surface area contributed by atoms with E-state index in [9.17, 15) is 4.79 Å². The molecule has 18 heavy (non-hydrogen) atoms. The maximum absolute atomic E-state index is 10.8. The van der Waals surface area contributed by atoms with E-state index in [4.69, 9.17) is 0 Å². The van der Waals surface area contributed by atoms with Gasteiger partial charge in [-0.3, -0.25) is 4.79 Å². The van der Waals surface area contributed by atoms with Crippen LogP contribution in [0.4, 0.5) is 5.69 Å². The molecule has 3 rings (SSSR count). The zero-order valence-corrected chi connectivity index (χ0v) is 11.7. The molecular weight excluding hydrogens is 244 g/mol. The molecule has 2 aliphatic heterocycles. The molecule has 0 N–H and O–H groups in total. The van der Waals surface area contributed by atoms with Gasteiger partial charge in [-0.25, -0.2) is 0 Å². The number of anilines is 1. The summed E-state index contributed by atoms with van der Waals surface area (Å²) < 4.78 is 0. The number of thiophene rings is 1. The highest BCUT2D eigenvalue weighted by molar-refractivity contribution is 7.12. The van der Waals surface area contributed by atoms with E-state index in [0.717, 1.165) is 36.2 Å². The summed E-state index contributed by atoms with van der Waals surface area (Å²) in [6.07, 6.45) is 4.90. The van der Waals surface area contributed by atoms with Crippen molar-refractivity contribution in [1.29, 1.82) is 0 Å². The number of hydrogen-bond donors (Lipinski definition) is 0. The van der Waals surface area contributed by atoms with Gasteiger partial charge in [0.1, 0.15) is 0 Å². The number of hydrogen-bond acceptors (Lipinski definition) is 4.